The summed E-state index contributed by atoms with van der Waals surface area (Å²) in [6, 6.07) is 0. The second kappa shape index (κ2) is 5.02. The lowest BCUT2D eigenvalue weighted by molar-refractivity contribution is -0.132. The van der Waals surface area contributed by atoms with E-state index < -0.39 is 12.1 Å². The monoisotopic (exact) mass is 186 g/mol. The van der Waals surface area contributed by atoms with Gasteiger partial charge >= 0.3 is 12.1 Å². The van der Waals surface area contributed by atoms with Crippen LogP contribution in [0.5, 0.6) is 0 Å². The van der Waals surface area contributed by atoms with Crippen molar-refractivity contribution in [2.24, 2.45) is 10.2 Å². The second-order valence-electron chi connectivity index (χ2n) is 2.19. The molecule has 0 aromatic rings. The molecule has 1 amide bonds. The molecular weight excluding hydrogens is 176 g/mol. The minimum atomic E-state index is -1.10. The van der Waals surface area contributed by atoms with E-state index in [0.717, 1.165) is 7.11 Å². The molecule has 0 rings (SSSR count). The van der Waals surface area contributed by atoms with Crippen molar-refractivity contribution in [2.75, 3.05) is 7.11 Å². The van der Waals surface area contributed by atoms with E-state index in [1.54, 1.807) is 0 Å². The smallest absolute Gasteiger partial charge is 0.452 e. The van der Waals surface area contributed by atoms with Gasteiger partial charge in [-0.25, -0.2) is 9.59 Å². The first-order valence-corrected chi connectivity index (χ1v) is 3.39. The average molecular weight is 186 g/mol. The van der Waals surface area contributed by atoms with Crippen molar-refractivity contribution in [3.05, 3.63) is 11.3 Å². The number of amides is 1. The van der Waals surface area contributed by atoms with Gasteiger partial charge in [-0.2, -0.15) is 0 Å². The summed E-state index contributed by atoms with van der Waals surface area (Å²) >= 11 is 0. The number of carboxylic acids is 1. The number of carbonyl (C=O) groups excluding carboxylic acids is 1. The number of azo groups is 1. The van der Waals surface area contributed by atoms with Gasteiger partial charge in [-0.1, -0.05) is 5.11 Å². The van der Waals surface area contributed by atoms with Crippen LogP contribution < -0.4 is 0 Å². The summed E-state index contributed by atoms with van der Waals surface area (Å²) in [5.74, 6) is -1.10. The van der Waals surface area contributed by atoms with E-state index in [4.69, 9.17) is 5.11 Å². The number of rotatable bonds is 2. The normalized spacial score (nSPS) is 12.5. The zero-order valence-electron chi connectivity index (χ0n) is 7.57. The second-order valence-corrected chi connectivity index (χ2v) is 2.19. The van der Waals surface area contributed by atoms with Crippen LogP contribution in [0.1, 0.15) is 13.8 Å². The first-order chi connectivity index (χ1) is 5.99. The number of allylic oxidation sites excluding steroid dienone is 1. The third-order valence-electron chi connectivity index (χ3n) is 1.32. The fourth-order valence-corrected chi connectivity index (χ4v) is 0.386. The van der Waals surface area contributed by atoms with Crippen molar-refractivity contribution in [2.45, 2.75) is 13.8 Å². The third-order valence-corrected chi connectivity index (χ3v) is 1.32. The topological polar surface area (TPSA) is 88.3 Å². The van der Waals surface area contributed by atoms with Crippen LogP contribution in [0.4, 0.5) is 4.79 Å². The van der Waals surface area contributed by atoms with E-state index in [2.05, 4.69) is 15.0 Å². The predicted molar refractivity (Wildman–Crippen MR) is 43.3 cm³/mol. The van der Waals surface area contributed by atoms with Gasteiger partial charge in [0.2, 0.25) is 0 Å². The molecular formula is C7H10N2O4. The molecule has 1 N–H and O–H groups in total. The Kier molecular flexibility index (Phi) is 4.36. The van der Waals surface area contributed by atoms with E-state index in [1.165, 1.54) is 13.8 Å². The maximum atomic E-state index is 10.5. The molecule has 0 saturated heterocycles. The van der Waals surface area contributed by atoms with Gasteiger partial charge in [0.05, 0.1) is 18.4 Å². The number of carboxylic acid groups (broad SMARTS) is 1. The van der Waals surface area contributed by atoms with Gasteiger partial charge in [0.1, 0.15) is 0 Å². The van der Waals surface area contributed by atoms with E-state index in [-0.39, 0.29) is 11.3 Å². The van der Waals surface area contributed by atoms with E-state index in [9.17, 15) is 9.59 Å². The molecule has 0 aliphatic carbocycles. The lowest BCUT2D eigenvalue weighted by atomic mass is 10.2. The molecule has 0 saturated carbocycles. The maximum Gasteiger partial charge on any atom is 0.452 e. The largest absolute Gasteiger partial charge is 0.478 e. The van der Waals surface area contributed by atoms with Crippen molar-refractivity contribution >= 4 is 12.1 Å². The number of methoxy groups -OCH3 is 1. The lowest BCUT2D eigenvalue weighted by Gasteiger charge is -1.94. The fourth-order valence-electron chi connectivity index (χ4n) is 0.386. The SMILES string of the molecule is COC(=O)N=N/C(C)=C(/C)C(=O)O. The highest BCUT2D eigenvalue weighted by molar-refractivity contribution is 5.86. The molecule has 0 aromatic carbocycles. The van der Waals surface area contributed by atoms with Crippen LogP contribution in [-0.4, -0.2) is 24.3 Å². The predicted octanol–water partition coefficient (Wildman–Crippen LogP) is 1.58. The molecule has 0 heterocycles. The highest BCUT2D eigenvalue weighted by atomic mass is 16.5. The number of aliphatic carboxylic acids is 1. The number of ether oxygens (including phenoxy) is 1. The molecule has 0 aliphatic heterocycles. The van der Waals surface area contributed by atoms with Gasteiger partial charge < -0.3 is 9.84 Å². The minimum Gasteiger partial charge on any atom is -0.478 e. The van der Waals surface area contributed by atoms with E-state index >= 15 is 0 Å². The first-order valence-electron chi connectivity index (χ1n) is 3.39. The Bertz CT molecular complexity index is 280. The zero-order valence-corrected chi connectivity index (χ0v) is 7.57. The summed E-state index contributed by atoms with van der Waals surface area (Å²) in [6.45, 7) is 2.81. The highest BCUT2D eigenvalue weighted by Gasteiger charge is 2.04. The molecule has 6 nitrogen and oxygen atoms in total. The summed E-state index contributed by atoms with van der Waals surface area (Å²) in [6.07, 6.45) is -0.863. The first kappa shape index (κ1) is 11.3. The molecule has 0 unspecified atom stereocenters. The van der Waals surface area contributed by atoms with Crippen LogP contribution in [0.3, 0.4) is 0 Å². The summed E-state index contributed by atoms with van der Waals surface area (Å²) in [4.78, 5) is 20.8. The van der Waals surface area contributed by atoms with Crippen molar-refractivity contribution < 1.29 is 19.4 Å². The van der Waals surface area contributed by atoms with Gasteiger partial charge in [-0.05, 0) is 13.8 Å². The molecule has 0 spiro atoms. The van der Waals surface area contributed by atoms with Crippen LogP contribution in [0, 0.1) is 0 Å². The van der Waals surface area contributed by atoms with Gasteiger partial charge in [0.25, 0.3) is 0 Å². The van der Waals surface area contributed by atoms with Crippen LogP contribution in [0.15, 0.2) is 21.5 Å². The molecule has 0 aliphatic rings. The van der Waals surface area contributed by atoms with Crippen LogP contribution in [0.25, 0.3) is 0 Å². The van der Waals surface area contributed by atoms with Crippen LogP contribution >= 0.6 is 0 Å². The van der Waals surface area contributed by atoms with Crippen LogP contribution in [-0.2, 0) is 9.53 Å². The lowest BCUT2D eigenvalue weighted by Crippen LogP contribution is -1.98. The Morgan fingerprint density at radius 1 is 1.23 bits per heavy atom. The van der Waals surface area contributed by atoms with E-state index in [1.807, 2.05) is 0 Å². The number of nitrogens with zero attached hydrogens (tertiary/aromatic N) is 2. The van der Waals surface area contributed by atoms with Crippen molar-refractivity contribution in [3.63, 3.8) is 0 Å². The highest BCUT2D eigenvalue weighted by Crippen LogP contribution is 2.05. The third kappa shape index (κ3) is 4.00. The summed E-state index contributed by atoms with van der Waals surface area (Å²) in [5.41, 5.74) is 0.200. The summed E-state index contributed by atoms with van der Waals surface area (Å²) in [7, 11) is 1.16. The molecule has 0 atom stereocenters. The average Bonchev–Trinajstić information content (AvgIpc) is 2.11. The molecule has 72 valence electrons. The molecule has 0 bridgehead atoms. The van der Waals surface area contributed by atoms with Crippen molar-refractivity contribution in [1.29, 1.82) is 0 Å². The molecule has 6 heteroatoms. The molecule has 0 radical (unpaired) electrons. The van der Waals surface area contributed by atoms with Gasteiger partial charge in [-0.15, -0.1) is 5.11 Å². The Balaban J connectivity index is 4.54. The fraction of sp³-hybridized carbons (Fsp3) is 0.429. The molecule has 13 heavy (non-hydrogen) atoms. The standard InChI is InChI=1S/C7H10N2O4/c1-4(6(10)11)5(2)8-9-7(12)13-3/h1-3H3,(H,10,11)/b5-4-,9-8?. The Labute approximate surface area is 74.9 Å². The Morgan fingerprint density at radius 3 is 2.15 bits per heavy atom. The minimum absolute atomic E-state index is 0.0349. The number of hydrogen-bond donors (Lipinski definition) is 1. The Hall–Kier alpha value is -1.72. The zero-order chi connectivity index (χ0) is 10.4. The van der Waals surface area contributed by atoms with Crippen molar-refractivity contribution in [1.82, 2.24) is 0 Å². The molecule has 0 fully saturated rings. The van der Waals surface area contributed by atoms with Gasteiger partial charge in [0, 0.05) is 0 Å². The Morgan fingerprint density at radius 2 is 1.77 bits per heavy atom. The van der Waals surface area contributed by atoms with Gasteiger partial charge in [0.15, 0.2) is 0 Å². The van der Waals surface area contributed by atoms with Crippen LogP contribution in [0.2, 0.25) is 0 Å². The van der Waals surface area contributed by atoms with Crippen molar-refractivity contribution in [3.8, 4) is 0 Å². The summed E-state index contributed by atoms with van der Waals surface area (Å²) in [5, 5.41) is 15.0. The van der Waals surface area contributed by atoms with Gasteiger partial charge in [-0.3, -0.25) is 0 Å². The van der Waals surface area contributed by atoms with E-state index in [0.29, 0.717) is 0 Å². The maximum absolute atomic E-state index is 10.5. The molecule has 0 aromatic heterocycles. The number of carbonyl (C=O) groups is 2. The number of hydrogen-bond acceptors (Lipinski definition) is 4. The quantitative estimate of drug-likeness (QED) is 0.523. The summed E-state index contributed by atoms with van der Waals surface area (Å²) < 4.78 is 4.17.